The second kappa shape index (κ2) is 3.02. The Balaban J connectivity index is 2.56. The molecule has 1 rings (SSSR count). The zero-order chi connectivity index (χ0) is 11.2. The minimum atomic E-state index is -5.74. The Morgan fingerprint density at radius 2 is 1.64 bits per heavy atom. The third kappa shape index (κ3) is 2.32. The lowest BCUT2D eigenvalue weighted by Crippen LogP contribution is -2.44. The molecule has 1 aliphatic rings. The van der Waals surface area contributed by atoms with Crippen molar-refractivity contribution < 1.29 is 34.6 Å². The lowest BCUT2D eigenvalue weighted by atomic mass is 9.91. The first-order valence-corrected chi connectivity index (χ1v) is 4.82. The summed E-state index contributed by atoms with van der Waals surface area (Å²) in [6, 6.07) is 0. The summed E-state index contributed by atoms with van der Waals surface area (Å²) >= 11 is 0. The van der Waals surface area contributed by atoms with Crippen LogP contribution in [0.3, 0.4) is 0 Å². The van der Waals surface area contributed by atoms with Crippen LogP contribution in [-0.4, -0.2) is 26.0 Å². The first-order chi connectivity index (χ1) is 6.04. The van der Waals surface area contributed by atoms with Gasteiger partial charge in [0.2, 0.25) is 0 Å². The predicted molar refractivity (Wildman–Crippen MR) is 34.0 cm³/mol. The van der Waals surface area contributed by atoms with Gasteiger partial charge in [0.15, 0.2) is 0 Å². The van der Waals surface area contributed by atoms with Crippen molar-refractivity contribution in [3.8, 4) is 0 Å². The van der Waals surface area contributed by atoms with Crippen LogP contribution in [0.5, 0.6) is 0 Å². The largest absolute Gasteiger partial charge is 0.523 e. The molecule has 0 radical (unpaired) electrons. The Morgan fingerprint density at radius 3 is 1.93 bits per heavy atom. The predicted octanol–water partition coefficient (Wildman–Crippen LogP) is 1.65. The van der Waals surface area contributed by atoms with E-state index in [0.29, 0.717) is 0 Å². The van der Waals surface area contributed by atoms with Gasteiger partial charge in [0.05, 0.1) is 6.10 Å². The summed E-state index contributed by atoms with van der Waals surface area (Å²) in [5.74, 6) is -3.12. The first kappa shape index (κ1) is 11.6. The second-order valence-electron chi connectivity index (χ2n) is 2.88. The van der Waals surface area contributed by atoms with E-state index < -0.39 is 40.5 Å². The third-order valence-corrected chi connectivity index (χ3v) is 2.69. The van der Waals surface area contributed by atoms with E-state index in [2.05, 4.69) is 4.18 Å². The number of rotatable bonds is 2. The molecular weight excluding hydrogens is 235 g/mol. The quantitative estimate of drug-likeness (QED) is 0.418. The summed E-state index contributed by atoms with van der Waals surface area (Å²) < 4.78 is 83.2. The molecular formula is C5H5F5O3S. The van der Waals surface area contributed by atoms with Crippen molar-refractivity contribution in [1.29, 1.82) is 0 Å². The maximum absolute atomic E-state index is 12.1. The summed E-state index contributed by atoms with van der Waals surface area (Å²) in [5, 5.41) is 0. The van der Waals surface area contributed by atoms with Crippen LogP contribution in [-0.2, 0) is 14.3 Å². The molecule has 0 aliphatic heterocycles. The maximum Gasteiger partial charge on any atom is 0.523 e. The summed E-state index contributed by atoms with van der Waals surface area (Å²) in [6.07, 6.45) is -3.57. The fraction of sp³-hybridized carbons (Fsp3) is 1.00. The van der Waals surface area contributed by atoms with Gasteiger partial charge in [-0.15, -0.1) is 0 Å². The molecule has 1 fully saturated rings. The van der Waals surface area contributed by atoms with Gasteiger partial charge in [-0.2, -0.15) is 21.6 Å². The van der Waals surface area contributed by atoms with E-state index in [9.17, 15) is 30.4 Å². The normalized spacial score (nSPS) is 23.2. The van der Waals surface area contributed by atoms with Crippen molar-refractivity contribution in [2.75, 3.05) is 0 Å². The van der Waals surface area contributed by atoms with Gasteiger partial charge >= 0.3 is 15.6 Å². The van der Waals surface area contributed by atoms with Crippen molar-refractivity contribution in [1.82, 2.24) is 0 Å². The molecule has 1 aliphatic carbocycles. The van der Waals surface area contributed by atoms with Gasteiger partial charge in [-0.3, -0.25) is 4.18 Å². The smallest absolute Gasteiger partial charge is 0.259 e. The molecule has 9 heteroatoms. The van der Waals surface area contributed by atoms with Crippen molar-refractivity contribution in [2.45, 2.75) is 30.4 Å². The van der Waals surface area contributed by atoms with Crippen LogP contribution in [0.1, 0.15) is 12.8 Å². The molecule has 0 unspecified atom stereocenters. The van der Waals surface area contributed by atoms with Gasteiger partial charge in [0, 0.05) is 12.8 Å². The molecule has 0 heterocycles. The molecule has 0 spiro atoms. The fourth-order valence-electron chi connectivity index (χ4n) is 0.908. The average Bonchev–Trinajstić information content (AvgIpc) is 1.78. The maximum atomic E-state index is 12.1. The molecule has 14 heavy (non-hydrogen) atoms. The molecule has 3 nitrogen and oxygen atoms in total. The first-order valence-electron chi connectivity index (χ1n) is 3.41. The summed E-state index contributed by atoms with van der Waals surface area (Å²) in [4.78, 5) is 0. The standard InChI is InChI=1S/C5H5F5O3S/c6-4(7)1-3(2-4)13-14(11,12)5(8,9)10/h3H,1-2H2. The van der Waals surface area contributed by atoms with Gasteiger partial charge < -0.3 is 0 Å². The second-order valence-corrected chi connectivity index (χ2v) is 4.45. The van der Waals surface area contributed by atoms with Crippen molar-refractivity contribution >= 4 is 10.1 Å². The van der Waals surface area contributed by atoms with E-state index in [4.69, 9.17) is 0 Å². The number of halogens is 5. The molecule has 1 saturated carbocycles. The van der Waals surface area contributed by atoms with E-state index >= 15 is 0 Å². The van der Waals surface area contributed by atoms with Crippen LogP contribution < -0.4 is 0 Å². The number of hydrogen-bond acceptors (Lipinski definition) is 3. The Kier molecular flexibility index (Phi) is 2.51. The van der Waals surface area contributed by atoms with Crippen LogP contribution in [0, 0.1) is 0 Å². The van der Waals surface area contributed by atoms with Crippen LogP contribution >= 0.6 is 0 Å². The van der Waals surface area contributed by atoms with Crippen molar-refractivity contribution in [3.63, 3.8) is 0 Å². The van der Waals surface area contributed by atoms with Crippen LogP contribution in [0.25, 0.3) is 0 Å². The van der Waals surface area contributed by atoms with Gasteiger partial charge in [-0.25, -0.2) is 8.78 Å². The van der Waals surface area contributed by atoms with Crippen molar-refractivity contribution in [3.05, 3.63) is 0 Å². The highest BCUT2D eigenvalue weighted by atomic mass is 32.2. The number of hydrogen-bond donors (Lipinski definition) is 0. The van der Waals surface area contributed by atoms with E-state index in [1.165, 1.54) is 0 Å². The van der Waals surface area contributed by atoms with Gasteiger partial charge in [0.25, 0.3) is 5.92 Å². The molecule has 0 saturated heterocycles. The minimum Gasteiger partial charge on any atom is -0.259 e. The molecule has 0 N–H and O–H groups in total. The lowest BCUT2D eigenvalue weighted by Gasteiger charge is -2.33. The Hall–Kier alpha value is -0.440. The Bertz CT molecular complexity index is 311. The highest BCUT2D eigenvalue weighted by molar-refractivity contribution is 7.87. The summed E-state index contributed by atoms with van der Waals surface area (Å²) in [6.45, 7) is 0. The minimum absolute atomic E-state index is 0.998. The molecule has 0 amide bonds. The summed E-state index contributed by atoms with van der Waals surface area (Å²) in [7, 11) is -5.74. The molecule has 0 bridgehead atoms. The molecule has 0 atom stereocenters. The van der Waals surface area contributed by atoms with Crippen LogP contribution in [0.4, 0.5) is 22.0 Å². The van der Waals surface area contributed by atoms with E-state index in [-0.39, 0.29) is 0 Å². The molecule has 0 aromatic heterocycles. The monoisotopic (exact) mass is 240 g/mol. The van der Waals surface area contributed by atoms with E-state index in [1.807, 2.05) is 0 Å². The zero-order valence-corrected chi connectivity index (χ0v) is 7.33. The summed E-state index contributed by atoms with van der Waals surface area (Å²) in [5.41, 5.74) is -5.56. The van der Waals surface area contributed by atoms with E-state index in [1.54, 1.807) is 0 Å². The Labute approximate surface area is 76.0 Å². The van der Waals surface area contributed by atoms with Crippen molar-refractivity contribution in [2.24, 2.45) is 0 Å². The zero-order valence-electron chi connectivity index (χ0n) is 6.51. The van der Waals surface area contributed by atoms with Crippen LogP contribution in [0.2, 0.25) is 0 Å². The van der Waals surface area contributed by atoms with E-state index in [0.717, 1.165) is 0 Å². The third-order valence-electron chi connectivity index (χ3n) is 1.60. The lowest BCUT2D eigenvalue weighted by molar-refractivity contribution is -0.140. The SMILES string of the molecule is O=S(=O)(OC1CC(F)(F)C1)C(F)(F)F. The Morgan fingerprint density at radius 1 is 1.21 bits per heavy atom. The molecule has 0 aromatic rings. The van der Waals surface area contributed by atoms with Crippen LogP contribution in [0.15, 0.2) is 0 Å². The topological polar surface area (TPSA) is 43.4 Å². The highest BCUT2D eigenvalue weighted by Crippen LogP contribution is 2.41. The van der Waals surface area contributed by atoms with Gasteiger partial charge in [-0.05, 0) is 0 Å². The average molecular weight is 240 g/mol. The van der Waals surface area contributed by atoms with Gasteiger partial charge in [0.1, 0.15) is 0 Å². The molecule has 0 aromatic carbocycles. The highest BCUT2D eigenvalue weighted by Gasteiger charge is 2.54. The number of alkyl halides is 5. The molecule has 84 valence electrons. The van der Waals surface area contributed by atoms with Gasteiger partial charge in [-0.1, -0.05) is 0 Å². The fourth-order valence-corrected chi connectivity index (χ4v) is 1.51.